The third kappa shape index (κ3) is 9.21. The summed E-state index contributed by atoms with van der Waals surface area (Å²) < 4.78 is 18.3. The van der Waals surface area contributed by atoms with E-state index in [-0.39, 0.29) is 35.9 Å². The summed E-state index contributed by atoms with van der Waals surface area (Å²) in [5.74, 6) is 0.445. The van der Waals surface area contributed by atoms with E-state index in [4.69, 9.17) is 4.74 Å². The average molecular weight is 480 g/mol. The van der Waals surface area contributed by atoms with Gasteiger partial charge in [-0.25, -0.2) is 9.18 Å². The van der Waals surface area contributed by atoms with Crippen LogP contribution in [0.1, 0.15) is 26.3 Å². The van der Waals surface area contributed by atoms with E-state index in [0.29, 0.717) is 25.6 Å². The van der Waals surface area contributed by atoms with Crippen LogP contribution in [0, 0.1) is 5.82 Å². The van der Waals surface area contributed by atoms with E-state index in [2.05, 4.69) is 10.3 Å². The number of guanidine groups is 1. The lowest BCUT2D eigenvalue weighted by atomic mass is 10.2. The number of hydrogen-bond acceptors (Lipinski definition) is 3. The van der Waals surface area contributed by atoms with E-state index in [9.17, 15) is 9.18 Å². The van der Waals surface area contributed by atoms with Gasteiger partial charge in [-0.1, -0.05) is 12.1 Å². The van der Waals surface area contributed by atoms with Gasteiger partial charge in [0.05, 0.1) is 0 Å². The first-order valence-corrected chi connectivity index (χ1v) is 8.22. The molecule has 0 spiro atoms. The maximum absolute atomic E-state index is 13.0. The first-order valence-electron chi connectivity index (χ1n) is 8.22. The summed E-state index contributed by atoms with van der Waals surface area (Å²) in [7, 11) is 5.29. The Kier molecular flexibility index (Phi) is 10.5. The predicted molar refractivity (Wildman–Crippen MR) is 114 cm³/mol. The van der Waals surface area contributed by atoms with Gasteiger partial charge in [0.2, 0.25) is 0 Å². The lowest BCUT2D eigenvalue weighted by Gasteiger charge is -2.26. The highest BCUT2D eigenvalue weighted by Crippen LogP contribution is 2.09. The summed E-state index contributed by atoms with van der Waals surface area (Å²) in [6.07, 6.45) is -0.357. The van der Waals surface area contributed by atoms with Gasteiger partial charge >= 0.3 is 6.09 Å². The van der Waals surface area contributed by atoms with Crippen LogP contribution in [0.4, 0.5) is 9.18 Å². The molecule has 0 aliphatic carbocycles. The molecule has 0 aliphatic rings. The standard InChI is InChI=1S/C18H29FN4O2.HI/c1-18(2,3)25-17(24)22(5)12-11-21-16(20-4)23(6)13-14-7-9-15(19)10-8-14;/h7-10H,11-13H2,1-6H3,(H,20,21);1H. The minimum absolute atomic E-state index is 0. The molecule has 0 aromatic heterocycles. The SMILES string of the molecule is CN=C(NCCN(C)C(=O)OC(C)(C)C)N(C)Cc1ccc(F)cc1.I. The molecule has 26 heavy (non-hydrogen) atoms. The zero-order chi connectivity index (χ0) is 19.0. The molecule has 1 aromatic rings. The number of carbonyl (C=O) groups excluding carboxylic acids is 1. The van der Waals surface area contributed by atoms with Gasteiger partial charge in [0.15, 0.2) is 5.96 Å². The van der Waals surface area contributed by atoms with Crippen molar-refractivity contribution < 1.29 is 13.9 Å². The number of carbonyl (C=O) groups is 1. The number of likely N-dealkylation sites (N-methyl/N-ethyl adjacent to an activating group) is 1. The van der Waals surface area contributed by atoms with Crippen molar-refractivity contribution in [1.29, 1.82) is 0 Å². The van der Waals surface area contributed by atoms with Crippen LogP contribution in [0.5, 0.6) is 0 Å². The fraction of sp³-hybridized carbons (Fsp3) is 0.556. The van der Waals surface area contributed by atoms with Crippen LogP contribution < -0.4 is 5.32 Å². The van der Waals surface area contributed by atoms with Crippen molar-refractivity contribution in [2.24, 2.45) is 4.99 Å². The van der Waals surface area contributed by atoms with Crippen LogP contribution in [0.25, 0.3) is 0 Å². The van der Waals surface area contributed by atoms with Gasteiger partial charge in [-0.2, -0.15) is 0 Å². The summed E-state index contributed by atoms with van der Waals surface area (Å²) >= 11 is 0. The molecule has 0 saturated heterocycles. The van der Waals surface area contributed by atoms with Crippen LogP contribution >= 0.6 is 24.0 Å². The molecule has 0 unspecified atom stereocenters. The maximum Gasteiger partial charge on any atom is 0.410 e. The highest BCUT2D eigenvalue weighted by Gasteiger charge is 2.19. The molecule has 0 heterocycles. The molecule has 6 nitrogen and oxygen atoms in total. The van der Waals surface area contributed by atoms with Crippen molar-refractivity contribution in [3.05, 3.63) is 35.6 Å². The van der Waals surface area contributed by atoms with Gasteiger partial charge in [-0.05, 0) is 38.5 Å². The Labute approximate surface area is 172 Å². The molecule has 0 fully saturated rings. The number of amides is 1. The highest BCUT2D eigenvalue weighted by atomic mass is 127. The van der Waals surface area contributed by atoms with Crippen molar-refractivity contribution in [3.63, 3.8) is 0 Å². The number of aliphatic imine (C=N–C) groups is 1. The topological polar surface area (TPSA) is 57.2 Å². The van der Waals surface area contributed by atoms with Gasteiger partial charge in [0, 0.05) is 40.8 Å². The fourth-order valence-corrected chi connectivity index (χ4v) is 2.09. The molecule has 0 atom stereocenters. The molecule has 148 valence electrons. The zero-order valence-electron chi connectivity index (χ0n) is 16.4. The third-order valence-corrected chi connectivity index (χ3v) is 3.34. The maximum atomic E-state index is 13.0. The van der Waals surface area contributed by atoms with E-state index in [1.165, 1.54) is 17.0 Å². The molecule has 0 saturated carbocycles. The second-order valence-electron chi connectivity index (χ2n) is 6.86. The Hall–Kier alpha value is -1.58. The number of nitrogens with zero attached hydrogens (tertiary/aromatic N) is 3. The smallest absolute Gasteiger partial charge is 0.410 e. The number of rotatable bonds is 5. The number of ether oxygens (including phenoxy) is 1. The second kappa shape index (κ2) is 11.2. The first kappa shape index (κ1) is 24.4. The minimum atomic E-state index is -0.510. The van der Waals surface area contributed by atoms with Crippen molar-refractivity contribution in [2.75, 3.05) is 34.2 Å². The van der Waals surface area contributed by atoms with Crippen molar-refractivity contribution in [1.82, 2.24) is 15.1 Å². The van der Waals surface area contributed by atoms with Crippen LogP contribution in [0.3, 0.4) is 0 Å². The Morgan fingerprint density at radius 1 is 1.19 bits per heavy atom. The third-order valence-electron chi connectivity index (χ3n) is 3.34. The number of nitrogens with one attached hydrogen (secondary N) is 1. The van der Waals surface area contributed by atoms with Gasteiger partial charge < -0.3 is 19.9 Å². The van der Waals surface area contributed by atoms with Crippen molar-refractivity contribution in [3.8, 4) is 0 Å². The number of halogens is 2. The summed E-state index contributed by atoms with van der Waals surface area (Å²) in [5, 5.41) is 3.20. The Bertz CT molecular complexity index is 588. The van der Waals surface area contributed by atoms with E-state index < -0.39 is 5.60 Å². The summed E-state index contributed by atoms with van der Waals surface area (Å²) in [6.45, 7) is 7.13. The molecular weight excluding hydrogens is 450 g/mol. The molecule has 1 amide bonds. The van der Waals surface area contributed by atoms with Crippen LogP contribution in [-0.2, 0) is 11.3 Å². The Morgan fingerprint density at radius 2 is 1.77 bits per heavy atom. The molecule has 0 bridgehead atoms. The number of hydrogen-bond donors (Lipinski definition) is 1. The fourth-order valence-electron chi connectivity index (χ4n) is 2.09. The first-order chi connectivity index (χ1) is 11.6. The Morgan fingerprint density at radius 3 is 2.27 bits per heavy atom. The lowest BCUT2D eigenvalue weighted by Crippen LogP contribution is -2.43. The van der Waals surface area contributed by atoms with Gasteiger partial charge in [0.1, 0.15) is 11.4 Å². The summed E-state index contributed by atoms with van der Waals surface area (Å²) in [5.41, 5.74) is 0.474. The predicted octanol–water partition coefficient (Wildman–Crippen LogP) is 3.32. The molecular formula is C18H30FIN4O2. The average Bonchev–Trinajstić information content (AvgIpc) is 2.51. The van der Waals surface area contributed by atoms with E-state index in [1.807, 2.05) is 32.7 Å². The molecule has 0 aliphatic heterocycles. The molecule has 1 N–H and O–H groups in total. The van der Waals surface area contributed by atoms with Crippen LogP contribution in [0.15, 0.2) is 29.3 Å². The molecule has 1 rings (SSSR count). The quantitative estimate of drug-likeness (QED) is 0.399. The van der Waals surface area contributed by atoms with Gasteiger partial charge in [-0.15, -0.1) is 24.0 Å². The number of benzene rings is 1. The van der Waals surface area contributed by atoms with Gasteiger partial charge in [0.25, 0.3) is 0 Å². The Balaban J connectivity index is 0.00000625. The van der Waals surface area contributed by atoms with E-state index >= 15 is 0 Å². The van der Waals surface area contributed by atoms with Crippen molar-refractivity contribution in [2.45, 2.75) is 32.9 Å². The van der Waals surface area contributed by atoms with E-state index in [1.54, 1.807) is 26.2 Å². The van der Waals surface area contributed by atoms with Gasteiger partial charge in [-0.3, -0.25) is 4.99 Å². The minimum Gasteiger partial charge on any atom is -0.444 e. The van der Waals surface area contributed by atoms with E-state index in [0.717, 1.165) is 5.56 Å². The monoisotopic (exact) mass is 480 g/mol. The second-order valence-corrected chi connectivity index (χ2v) is 6.86. The normalized spacial score (nSPS) is 11.4. The highest BCUT2D eigenvalue weighted by molar-refractivity contribution is 14.0. The van der Waals surface area contributed by atoms with Crippen LogP contribution in [0.2, 0.25) is 0 Å². The molecule has 8 heteroatoms. The largest absolute Gasteiger partial charge is 0.444 e. The molecule has 0 radical (unpaired) electrons. The van der Waals surface area contributed by atoms with Crippen LogP contribution in [-0.4, -0.2) is 61.7 Å². The summed E-state index contributed by atoms with van der Waals surface area (Å²) in [4.78, 5) is 19.6. The lowest BCUT2D eigenvalue weighted by molar-refractivity contribution is 0.0302. The summed E-state index contributed by atoms with van der Waals surface area (Å²) in [6, 6.07) is 6.37. The molecule has 1 aromatic carbocycles. The van der Waals surface area contributed by atoms with Crippen molar-refractivity contribution >= 4 is 36.0 Å². The zero-order valence-corrected chi connectivity index (χ0v) is 18.7.